The van der Waals surface area contributed by atoms with Crippen LogP contribution in [-0.2, 0) is 18.6 Å². The summed E-state index contributed by atoms with van der Waals surface area (Å²) in [7, 11) is -1.96. The maximum absolute atomic E-state index is 13.7. The van der Waals surface area contributed by atoms with Crippen LogP contribution in [0.25, 0.3) is 0 Å². The van der Waals surface area contributed by atoms with Crippen LogP contribution in [0.15, 0.2) is 65.1 Å². The van der Waals surface area contributed by atoms with Crippen molar-refractivity contribution in [1.29, 1.82) is 0 Å². The predicted octanol–water partition coefficient (Wildman–Crippen LogP) is 7.74. The standard InChI is InChI=1S/C12H8BF3O3.C12H15BF2O3.C6H12BO2.C6H3BrF2O.CH4/c14-7-2-1-3-8(4-7)19-9-5-10(15)12(13(17)18)11(16)6-9;1-11(2)12(3,4)18-13(17-11)10-8(14)5-7(16)6-9(10)15;1-5(2)6(3,4)9-7-8-5;7-6-4(8)1-3(10)2-5(6)9;/h1-6,17-18H;5-6,16H,1-4H3;1-4H3;1-2,10H;1H4. The molecule has 4 N–H and O–H groups in total. The van der Waals surface area contributed by atoms with Crippen LogP contribution >= 0.6 is 15.9 Å². The molecule has 0 saturated carbocycles. The van der Waals surface area contributed by atoms with Gasteiger partial charge < -0.3 is 43.6 Å². The molecule has 9 nitrogen and oxygen atoms in total. The molecule has 4 aromatic carbocycles. The number of rotatable bonds is 4. The van der Waals surface area contributed by atoms with E-state index in [4.69, 9.17) is 43.6 Å². The van der Waals surface area contributed by atoms with Crippen LogP contribution in [0.3, 0.4) is 0 Å². The zero-order chi connectivity index (χ0) is 42.6. The normalized spacial score (nSPS) is 16.6. The molecule has 1 radical (unpaired) electrons. The molecule has 0 bridgehead atoms. The summed E-state index contributed by atoms with van der Waals surface area (Å²) >= 11 is 2.65. The Bertz CT molecular complexity index is 1910. The van der Waals surface area contributed by atoms with Crippen molar-refractivity contribution in [3.05, 3.63) is 106 Å². The van der Waals surface area contributed by atoms with Crippen molar-refractivity contribution >= 4 is 48.8 Å². The Morgan fingerprint density at radius 1 is 0.614 bits per heavy atom. The summed E-state index contributed by atoms with van der Waals surface area (Å²) in [5.41, 5.74) is -2.90. The van der Waals surface area contributed by atoms with Crippen LogP contribution in [-0.4, -0.2) is 64.6 Å². The van der Waals surface area contributed by atoms with Crippen molar-refractivity contribution in [3.8, 4) is 23.0 Å². The molecule has 0 spiro atoms. The average Bonchev–Trinajstić information content (AvgIpc) is 3.41. The average molecular weight is 876 g/mol. The van der Waals surface area contributed by atoms with E-state index in [0.717, 1.165) is 42.5 Å². The minimum Gasteiger partial charge on any atom is -0.508 e. The minimum absolute atomic E-state index is 0. The van der Waals surface area contributed by atoms with E-state index in [1.165, 1.54) is 25.9 Å². The van der Waals surface area contributed by atoms with E-state index >= 15 is 0 Å². The second-order valence-electron chi connectivity index (χ2n) is 14.2. The van der Waals surface area contributed by atoms with Crippen LogP contribution in [0, 0.1) is 40.7 Å². The lowest BCUT2D eigenvalue weighted by molar-refractivity contribution is 0.00578. The molecule has 6 rings (SSSR count). The maximum Gasteiger partial charge on any atom is 0.500 e. The number of benzene rings is 4. The van der Waals surface area contributed by atoms with Gasteiger partial charge in [0.05, 0.1) is 37.8 Å². The molecule has 4 aromatic rings. The number of phenols is 2. The van der Waals surface area contributed by atoms with Crippen LogP contribution in [0.5, 0.6) is 23.0 Å². The highest BCUT2D eigenvalue weighted by Crippen LogP contribution is 2.37. The first-order chi connectivity index (χ1) is 25.7. The summed E-state index contributed by atoms with van der Waals surface area (Å²) in [4.78, 5) is 0. The summed E-state index contributed by atoms with van der Waals surface area (Å²) in [5.74, 6) is -7.31. The lowest BCUT2D eigenvalue weighted by Gasteiger charge is -2.32. The topological polar surface area (TPSA) is 127 Å². The number of hydrogen-bond acceptors (Lipinski definition) is 9. The SMILES string of the molecule is C.CC1(C)OB(c2c(F)cc(O)cc2F)OC1(C)C.CC1(C)O[B]OC1(C)C.OB(O)c1c(F)cc(Oc2cccc(F)c2)cc1F.Oc1cc(F)c(Br)c(F)c1. The van der Waals surface area contributed by atoms with Gasteiger partial charge in [-0.15, -0.1) is 0 Å². The van der Waals surface area contributed by atoms with E-state index in [9.17, 15) is 30.7 Å². The molecule has 57 heavy (non-hydrogen) atoms. The Morgan fingerprint density at radius 3 is 1.40 bits per heavy atom. The summed E-state index contributed by atoms with van der Waals surface area (Å²) in [6, 6.07) is 9.92. The molecule has 0 unspecified atom stereocenters. The second-order valence-corrected chi connectivity index (χ2v) is 15.0. The molecular formula is C37H42B3BrF7O9. The third-order valence-electron chi connectivity index (χ3n) is 9.00. The van der Waals surface area contributed by atoms with Gasteiger partial charge >= 0.3 is 21.9 Å². The molecule has 0 amide bonds. The predicted molar refractivity (Wildman–Crippen MR) is 205 cm³/mol. The van der Waals surface area contributed by atoms with E-state index in [2.05, 4.69) is 15.9 Å². The Hall–Kier alpha value is -3.78. The van der Waals surface area contributed by atoms with E-state index in [1.54, 1.807) is 27.7 Å². The van der Waals surface area contributed by atoms with Crippen LogP contribution in [0.2, 0.25) is 0 Å². The maximum atomic E-state index is 13.7. The van der Waals surface area contributed by atoms with Crippen molar-refractivity contribution < 1.29 is 74.3 Å². The minimum atomic E-state index is -2.26. The quantitative estimate of drug-likeness (QED) is 0.0926. The third-order valence-corrected chi connectivity index (χ3v) is 9.76. The molecule has 309 valence electrons. The molecule has 2 aliphatic rings. The van der Waals surface area contributed by atoms with E-state index in [1.807, 2.05) is 27.7 Å². The molecule has 2 heterocycles. The van der Waals surface area contributed by atoms with Gasteiger partial charge in [0.1, 0.15) is 63.7 Å². The summed E-state index contributed by atoms with van der Waals surface area (Å²) in [6.07, 6.45) is 0. The molecule has 2 saturated heterocycles. The fraction of sp³-hybridized carbons (Fsp3) is 0.351. The van der Waals surface area contributed by atoms with Gasteiger partial charge in [-0.1, -0.05) is 13.5 Å². The van der Waals surface area contributed by atoms with Gasteiger partial charge in [-0.2, -0.15) is 0 Å². The van der Waals surface area contributed by atoms with Gasteiger partial charge in [0.25, 0.3) is 0 Å². The zero-order valence-electron chi connectivity index (χ0n) is 31.4. The molecular weight excluding hydrogens is 834 g/mol. The van der Waals surface area contributed by atoms with Crippen LogP contribution in [0.1, 0.15) is 62.8 Å². The molecule has 2 aliphatic heterocycles. The number of halogens is 8. The van der Waals surface area contributed by atoms with Gasteiger partial charge in [-0.05, 0) is 83.5 Å². The summed E-state index contributed by atoms with van der Waals surface area (Å²) < 4.78 is 118. The highest BCUT2D eigenvalue weighted by atomic mass is 79.9. The summed E-state index contributed by atoms with van der Waals surface area (Å²) in [5, 5.41) is 35.3. The Morgan fingerprint density at radius 2 is 1.04 bits per heavy atom. The van der Waals surface area contributed by atoms with Crippen molar-refractivity contribution in [2.45, 2.75) is 85.2 Å². The van der Waals surface area contributed by atoms with Crippen LogP contribution < -0.4 is 15.7 Å². The van der Waals surface area contributed by atoms with Crippen molar-refractivity contribution in [2.24, 2.45) is 0 Å². The Kier molecular flexibility index (Phi) is 16.7. The first-order valence-electron chi connectivity index (χ1n) is 16.5. The highest BCUT2D eigenvalue weighted by Gasteiger charge is 2.53. The second kappa shape index (κ2) is 19.3. The molecule has 2 fully saturated rings. The Balaban J connectivity index is 0.000000273. The Labute approximate surface area is 336 Å². The van der Waals surface area contributed by atoms with Crippen molar-refractivity contribution in [2.75, 3.05) is 0 Å². The number of phenolic OH excluding ortho intramolecular Hbond substituents is 2. The lowest BCUT2D eigenvalue weighted by atomic mass is 9.78. The highest BCUT2D eigenvalue weighted by molar-refractivity contribution is 9.10. The largest absolute Gasteiger partial charge is 0.508 e. The van der Waals surface area contributed by atoms with Gasteiger partial charge in [-0.25, -0.2) is 30.7 Å². The fourth-order valence-electron chi connectivity index (χ4n) is 4.38. The molecule has 20 heteroatoms. The van der Waals surface area contributed by atoms with Crippen molar-refractivity contribution in [1.82, 2.24) is 0 Å². The third kappa shape index (κ3) is 12.6. The van der Waals surface area contributed by atoms with Crippen LogP contribution in [0.4, 0.5) is 30.7 Å². The number of aromatic hydroxyl groups is 2. The first kappa shape index (κ1) is 49.4. The molecule has 0 atom stereocenters. The molecule has 0 aliphatic carbocycles. The van der Waals surface area contributed by atoms with Gasteiger partial charge in [0, 0.05) is 42.5 Å². The van der Waals surface area contributed by atoms with Gasteiger partial charge in [0.2, 0.25) is 0 Å². The number of hydrogen-bond donors (Lipinski definition) is 4. The van der Waals surface area contributed by atoms with E-state index in [-0.39, 0.29) is 40.1 Å². The van der Waals surface area contributed by atoms with Crippen molar-refractivity contribution in [3.63, 3.8) is 0 Å². The first-order valence-corrected chi connectivity index (χ1v) is 17.3. The fourth-order valence-corrected chi connectivity index (χ4v) is 4.61. The zero-order valence-corrected chi connectivity index (χ0v) is 32.9. The van der Waals surface area contributed by atoms with E-state index < -0.39 is 83.1 Å². The molecule has 0 aromatic heterocycles. The lowest BCUT2D eigenvalue weighted by Crippen LogP contribution is -2.41. The number of ether oxygens (including phenoxy) is 1. The smallest absolute Gasteiger partial charge is 0.500 e. The monoisotopic (exact) mass is 875 g/mol. The van der Waals surface area contributed by atoms with Gasteiger partial charge in [-0.3, -0.25) is 0 Å². The van der Waals surface area contributed by atoms with E-state index in [0.29, 0.717) is 0 Å². The van der Waals surface area contributed by atoms with Gasteiger partial charge in [0.15, 0.2) is 0 Å². The summed E-state index contributed by atoms with van der Waals surface area (Å²) in [6.45, 7) is 15.2.